The van der Waals surface area contributed by atoms with Crippen molar-refractivity contribution in [3.05, 3.63) is 45.2 Å². The Morgan fingerprint density at radius 3 is 2.45 bits per heavy atom. The Bertz CT molecular complexity index is 634. The van der Waals surface area contributed by atoms with Gasteiger partial charge in [-0.05, 0) is 51.0 Å². The van der Waals surface area contributed by atoms with Crippen LogP contribution >= 0.6 is 11.3 Å². The van der Waals surface area contributed by atoms with Crippen LogP contribution in [0.4, 0.5) is 5.69 Å². The summed E-state index contributed by atoms with van der Waals surface area (Å²) >= 11 is 1.68. The fraction of sp³-hybridized carbons (Fsp3) is 0.438. The molecule has 4 heteroatoms. The second kappa shape index (κ2) is 6.37. The van der Waals surface area contributed by atoms with Gasteiger partial charge in [-0.1, -0.05) is 6.07 Å². The number of rotatable bonds is 4. The largest absolute Gasteiger partial charge is 0.383 e. The highest BCUT2D eigenvalue weighted by Gasteiger charge is 2.09. The summed E-state index contributed by atoms with van der Waals surface area (Å²) in [6.07, 6.45) is 0. The lowest BCUT2D eigenvalue weighted by atomic mass is 10.1. The predicted molar refractivity (Wildman–Crippen MR) is 84.8 cm³/mol. The van der Waals surface area contributed by atoms with E-state index in [4.69, 9.17) is 9.73 Å². The summed E-state index contributed by atoms with van der Waals surface area (Å²) in [7, 11) is 1.74. The fourth-order valence-electron chi connectivity index (χ4n) is 2.46. The summed E-state index contributed by atoms with van der Waals surface area (Å²) in [5, 5.41) is 2.15. The quantitative estimate of drug-likeness (QED) is 0.838. The van der Waals surface area contributed by atoms with Gasteiger partial charge in [0.25, 0.3) is 0 Å². The highest BCUT2D eigenvalue weighted by atomic mass is 32.1. The van der Waals surface area contributed by atoms with Gasteiger partial charge in [0.05, 0.1) is 18.3 Å². The van der Waals surface area contributed by atoms with Gasteiger partial charge in [-0.3, -0.25) is 0 Å². The number of aromatic nitrogens is 1. The van der Waals surface area contributed by atoms with Crippen molar-refractivity contribution in [2.75, 3.05) is 13.7 Å². The third kappa shape index (κ3) is 3.38. The van der Waals surface area contributed by atoms with Gasteiger partial charge in [0, 0.05) is 18.2 Å². The highest BCUT2D eigenvalue weighted by molar-refractivity contribution is 7.07. The first-order valence-electron chi connectivity index (χ1n) is 6.80. The highest BCUT2D eigenvalue weighted by Crippen LogP contribution is 2.17. The van der Waals surface area contributed by atoms with Crippen molar-refractivity contribution in [3.63, 3.8) is 0 Å². The van der Waals surface area contributed by atoms with Gasteiger partial charge in [-0.2, -0.15) is 0 Å². The minimum Gasteiger partial charge on any atom is -0.383 e. The van der Waals surface area contributed by atoms with E-state index in [1.165, 1.54) is 16.8 Å². The Labute approximate surface area is 124 Å². The van der Waals surface area contributed by atoms with Crippen LogP contribution in [0, 0.1) is 20.8 Å². The molecule has 0 fully saturated rings. The zero-order chi connectivity index (χ0) is 14.7. The van der Waals surface area contributed by atoms with Crippen LogP contribution in [0.15, 0.2) is 28.6 Å². The molecular weight excluding hydrogens is 268 g/mol. The standard InChI is InChI=1S/C16H22N2OS/c1-11-6-12(2)8-15(7-11)17-16-18(13(3)9-19-5)14(4)10-20-16/h6-8,10,13H,9H2,1-5H3. The van der Waals surface area contributed by atoms with E-state index in [9.17, 15) is 0 Å². The van der Waals surface area contributed by atoms with Gasteiger partial charge in [-0.15, -0.1) is 11.3 Å². The molecule has 0 bridgehead atoms. The average Bonchev–Trinajstić information content (AvgIpc) is 2.69. The third-order valence-electron chi connectivity index (χ3n) is 3.20. The van der Waals surface area contributed by atoms with E-state index in [-0.39, 0.29) is 6.04 Å². The van der Waals surface area contributed by atoms with Gasteiger partial charge < -0.3 is 9.30 Å². The van der Waals surface area contributed by atoms with E-state index in [1.807, 2.05) is 0 Å². The Morgan fingerprint density at radius 2 is 1.85 bits per heavy atom. The van der Waals surface area contributed by atoms with E-state index in [1.54, 1.807) is 18.4 Å². The van der Waals surface area contributed by atoms with Gasteiger partial charge >= 0.3 is 0 Å². The number of hydrogen-bond acceptors (Lipinski definition) is 3. The maximum absolute atomic E-state index is 5.27. The Hall–Kier alpha value is -1.39. The summed E-state index contributed by atoms with van der Waals surface area (Å²) in [5.41, 5.74) is 4.73. The lowest BCUT2D eigenvalue weighted by Crippen LogP contribution is -2.23. The van der Waals surface area contributed by atoms with E-state index >= 15 is 0 Å². The van der Waals surface area contributed by atoms with E-state index < -0.39 is 0 Å². The first kappa shape index (κ1) is 15.0. The summed E-state index contributed by atoms with van der Waals surface area (Å²) in [6, 6.07) is 6.69. The van der Waals surface area contributed by atoms with Gasteiger partial charge in [0.2, 0.25) is 0 Å². The van der Waals surface area contributed by atoms with E-state index in [2.05, 4.69) is 55.8 Å². The molecule has 2 aromatic rings. The molecule has 0 saturated carbocycles. The average molecular weight is 290 g/mol. The molecule has 108 valence electrons. The monoisotopic (exact) mass is 290 g/mol. The zero-order valence-corrected chi connectivity index (χ0v) is 13.6. The summed E-state index contributed by atoms with van der Waals surface area (Å²) in [6.45, 7) is 9.17. The molecule has 3 nitrogen and oxygen atoms in total. The van der Waals surface area contributed by atoms with Crippen LogP contribution in [-0.4, -0.2) is 18.3 Å². The number of benzene rings is 1. The summed E-state index contributed by atoms with van der Waals surface area (Å²) < 4.78 is 7.51. The molecule has 0 radical (unpaired) electrons. The predicted octanol–water partition coefficient (Wildman–Crippen LogP) is 3.91. The molecule has 1 unspecified atom stereocenters. The molecule has 0 aliphatic heterocycles. The number of thiazole rings is 1. The fourth-order valence-corrected chi connectivity index (χ4v) is 3.45. The number of methoxy groups -OCH3 is 1. The normalized spacial score (nSPS) is 13.8. The summed E-state index contributed by atoms with van der Waals surface area (Å²) in [5.74, 6) is 0. The second-order valence-corrected chi connectivity index (χ2v) is 6.13. The molecule has 0 aliphatic rings. The van der Waals surface area contributed by atoms with Crippen LogP contribution in [0.3, 0.4) is 0 Å². The molecule has 1 aromatic carbocycles. The molecule has 0 spiro atoms. The van der Waals surface area contributed by atoms with Crippen LogP contribution in [0.2, 0.25) is 0 Å². The SMILES string of the molecule is COCC(C)n1c(C)csc1=Nc1cc(C)cc(C)c1. The molecule has 1 aromatic heterocycles. The minimum absolute atomic E-state index is 0.288. The third-order valence-corrected chi connectivity index (χ3v) is 4.16. The molecule has 1 heterocycles. The number of aryl methyl sites for hydroxylation is 3. The van der Waals surface area contributed by atoms with Crippen molar-refractivity contribution >= 4 is 17.0 Å². The van der Waals surface area contributed by atoms with Crippen molar-refractivity contribution in [3.8, 4) is 0 Å². The molecule has 0 N–H and O–H groups in total. The van der Waals surface area contributed by atoms with Crippen molar-refractivity contribution in [2.45, 2.75) is 33.7 Å². The van der Waals surface area contributed by atoms with Crippen LogP contribution in [0.25, 0.3) is 0 Å². The lowest BCUT2D eigenvalue weighted by Gasteiger charge is -2.14. The minimum atomic E-state index is 0.288. The Balaban J connectivity index is 2.49. The molecular formula is C16H22N2OS. The molecule has 0 amide bonds. The van der Waals surface area contributed by atoms with Gasteiger partial charge in [0.15, 0.2) is 4.80 Å². The van der Waals surface area contributed by atoms with Crippen molar-refractivity contribution in [2.24, 2.45) is 4.99 Å². The van der Waals surface area contributed by atoms with Gasteiger partial charge in [0.1, 0.15) is 0 Å². The first-order valence-corrected chi connectivity index (χ1v) is 7.68. The Morgan fingerprint density at radius 1 is 1.20 bits per heavy atom. The van der Waals surface area contributed by atoms with E-state index in [0.717, 1.165) is 10.5 Å². The zero-order valence-electron chi connectivity index (χ0n) is 12.8. The lowest BCUT2D eigenvalue weighted by molar-refractivity contribution is 0.160. The van der Waals surface area contributed by atoms with E-state index in [0.29, 0.717) is 6.61 Å². The van der Waals surface area contributed by atoms with Crippen molar-refractivity contribution in [1.29, 1.82) is 0 Å². The smallest absolute Gasteiger partial charge is 0.190 e. The van der Waals surface area contributed by atoms with Crippen LogP contribution in [-0.2, 0) is 4.74 Å². The number of hydrogen-bond donors (Lipinski definition) is 0. The maximum atomic E-state index is 5.27. The number of nitrogens with zero attached hydrogens (tertiary/aromatic N) is 2. The molecule has 0 saturated heterocycles. The van der Waals surface area contributed by atoms with Crippen LogP contribution in [0.5, 0.6) is 0 Å². The molecule has 1 atom stereocenters. The van der Waals surface area contributed by atoms with Crippen LogP contribution < -0.4 is 4.80 Å². The molecule has 20 heavy (non-hydrogen) atoms. The first-order chi connectivity index (χ1) is 9.51. The summed E-state index contributed by atoms with van der Waals surface area (Å²) in [4.78, 5) is 5.84. The van der Waals surface area contributed by atoms with Gasteiger partial charge in [-0.25, -0.2) is 4.99 Å². The Kier molecular flexibility index (Phi) is 4.78. The molecule has 0 aliphatic carbocycles. The topological polar surface area (TPSA) is 26.5 Å². The second-order valence-electron chi connectivity index (χ2n) is 5.29. The van der Waals surface area contributed by atoms with Crippen LogP contribution in [0.1, 0.15) is 29.8 Å². The van der Waals surface area contributed by atoms with Crippen molar-refractivity contribution in [1.82, 2.24) is 4.57 Å². The van der Waals surface area contributed by atoms with Crippen molar-refractivity contribution < 1.29 is 4.74 Å². The number of ether oxygens (including phenoxy) is 1. The molecule has 2 rings (SSSR count). The maximum Gasteiger partial charge on any atom is 0.190 e.